The van der Waals surface area contributed by atoms with Crippen molar-refractivity contribution in [3.63, 3.8) is 0 Å². The molecular formula is C22H22IrNO2-. The van der Waals surface area contributed by atoms with Crippen LogP contribution in [0.2, 0.25) is 0 Å². The van der Waals surface area contributed by atoms with Crippen LogP contribution in [0.4, 0.5) is 0 Å². The van der Waals surface area contributed by atoms with Crippen molar-refractivity contribution in [1.29, 1.82) is 0 Å². The van der Waals surface area contributed by atoms with Gasteiger partial charge in [0, 0.05) is 26.2 Å². The first-order valence-corrected chi connectivity index (χ1v) is 8.10. The van der Waals surface area contributed by atoms with Crippen molar-refractivity contribution in [1.82, 2.24) is 4.98 Å². The van der Waals surface area contributed by atoms with Gasteiger partial charge in [-0.05, 0) is 50.4 Å². The number of allylic oxidation sites excluding steroid dienone is 2. The summed E-state index contributed by atoms with van der Waals surface area (Å²) in [6.45, 7) is 7.04. The summed E-state index contributed by atoms with van der Waals surface area (Å²) in [5.74, 6) is -0.0625. The van der Waals surface area contributed by atoms with Crippen LogP contribution in [0.1, 0.15) is 25.0 Å². The molecule has 137 valence electrons. The molecule has 3 nitrogen and oxygen atoms in total. The summed E-state index contributed by atoms with van der Waals surface area (Å²) >= 11 is 0. The van der Waals surface area contributed by atoms with Crippen molar-refractivity contribution in [3.8, 4) is 11.3 Å². The van der Waals surface area contributed by atoms with Gasteiger partial charge in [0.2, 0.25) is 0 Å². The Bertz CT molecular complexity index is 914. The molecule has 4 heteroatoms. The molecule has 1 radical (unpaired) electrons. The van der Waals surface area contributed by atoms with Gasteiger partial charge in [-0.3, -0.25) is 9.78 Å². The predicted octanol–water partition coefficient (Wildman–Crippen LogP) is 5.35. The second kappa shape index (κ2) is 10.0. The minimum absolute atomic E-state index is 0. The third-order valence-corrected chi connectivity index (χ3v) is 3.54. The first-order valence-electron chi connectivity index (χ1n) is 8.10. The van der Waals surface area contributed by atoms with Crippen LogP contribution in [0.25, 0.3) is 22.2 Å². The summed E-state index contributed by atoms with van der Waals surface area (Å²) in [5, 5.41) is 9.56. The fourth-order valence-electron chi connectivity index (χ4n) is 2.49. The van der Waals surface area contributed by atoms with E-state index in [0.717, 1.165) is 16.8 Å². The number of carbonyl (C=O) groups excluding carboxylic acids is 1. The monoisotopic (exact) mass is 525 g/mol. The van der Waals surface area contributed by atoms with E-state index in [1.165, 1.54) is 36.4 Å². The third-order valence-electron chi connectivity index (χ3n) is 3.54. The average Bonchev–Trinajstić information content (AvgIpc) is 2.55. The SMILES string of the molecule is CC(=O)/C=C(/C)O.Cc1ccc2cc(C)c(-c3[c-]cccc3)nc2c1.[Ir]. The Morgan fingerprint density at radius 1 is 1.12 bits per heavy atom. The number of benzene rings is 2. The Morgan fingerprint density at radius 2 is 1.85 bits per heavy atom. The Hall–Kier alpha value is -2.29. The molecule has 2 aromatic carbocycles. The largest absolute Gasteiger partial charge is 0.512 e. The maximum absolute atomic E-state index is 10.0. The van der Waals surface area contributed by atoms with Crippen LogP contribution in [0, 0.1) is 19.9 Å². The minimum Gasteiger partial charge on any atom is -0.512 e. The normalized spacial score (nSPS) is 10.5. The molecule has 1 heterocycles. The number of nitrogens with zero attached hydrogens (tertiary/aromatic N) is 1. The van der Waals surface area contributed by atoms with Crippen molar-refractivity contribution in [3.05, 3.63) is 77.6 Å². The van der Waals surface area contributed by atoms with E-state index in [9.17, 15) is 4.79 Å². The molecule has 0 bridgehead atoms. The maximum Gasteiger partial charge on any atom is 0.155 e. The molecule has 0 saturated heterocycles. The molecule has 1 N–H and O–H groups in total. The third kappa shape index (κ3) is 6.21. The topological polar surface area (TPSA) is 50.2 Å². The van der Waals surface area contributed by atoms with Crippen molar-refractivity contribution in [2.45, 2.75) is 27.7 Å². The molecule has 0 spiro atoms. The number of hydrogen-bond donors (Lipinski definition) is 1. The van der Waals surface area contributed by atoms with E-state index >= 15 is 0 Å². The number of aliphatic hydroxyl groups is 1. The number of carbonyl (C=O) groups is 1. The van der Waals surface area contributed by atoms with Gasteiger partial charge in [-0.15, -0.1) is 35.9 Å². The Balaban J connectivity index is 0.000000366. The van der Waals surface area contributed by atoms with Gasteiger partial charge in [0.05, 0.1) is 11.3 Å². The number of aryl methyl sites for hydroxylation is 2. The molecule has 0 saturated carbocycles. The Labute approximate surface area is 168 Å². The molecule has 0 amide bonds. The number of rotatable bonds is 2. The number of ketones is 1. The standard InChI is InChI=1S/C17H14N.C5H8O2.Ir/c1-12-8-9-15-11-13(2)17(18-16(15)10-12)14-6-4-3-5-7-14;1-4(6)3-5(2)7;/h3-6,8-11H,1-2H3;3,6H,1-2H3;/q-1;;/b;4-3-;. The molecule has 0 aliphatic rings. The average molecular weight is 525 g/mol. The first-order chi connectivity index (χ1) is 11.9. The number of pyridine rings is 1. The van der Waals surface area contributed by atoms with Crippen LogP contribution in [0.15, 0.2) is 60.4 Å². The zero-order chi connectivity index (χ0) is 18.4. The predicted molar refractivity (Wildman–Crippen MR) is 103 cm³/mol. The Kier molecular flexibility index (Phi) is 8.37. The molecule has 3 aromatic rings. The smallest absolute Gasteiger partial charge is 0.155 e. The van der Waals surface area contributed by atoms with Gasteiger partial charge in [0.15, 0.2) is 5.78 Å². The quantitative estimate of drug-likeness (QED) is 0.279. The van der Waals surface area contributed by atoms with E-state index in [2.05, 4.69) is 50.2 Å². The van der Waals surface area contributed by atoms with Gasteiger partial charge in [-0.25, -0.2) is 0 Å². The van der Waals surface area contributed by atoms with Crippen LogP contribution < -0.4 is 0 Å². The zero-order valence-corrected chi connectivity index (χ0v) is 17.7. The van der Waals surface area contributed by atoms with Crippen LogP contribution in [-0.2, 0) is 24.9 Å². The van der Waals surface area contributed by atoms with E-state index in [1.54, 1.807) is 0 Å². The van der Waals surface area contributed by atoms with E-state index in [4.69, 9.17) is 10.1 Å². The zero-order valence-electron chi connectivity index (χ0n) is 15.3. The van der Waals surface area contributed by atoms with Gasteiger partial charge < -0.3 is 5.11 Å². The van der Waals surface area contributed by atoms with Gasteiger partial charge >= 0.3 is 0 Å². The second-order valence-electron chi connectivity index (χ2n) is 6.02. The van der Waals surface area contributed by atoms with E-state index in [-0.39, 0.29) is 31.6 Å². The number of aromatic nitrogens is 1. The number of fused-ring (bicyclic) bond motifs is 1. The molecule has 26 heavy (non-hydrogen) atoms. The fourth-order valence-corrected chi connectivity index (χ4v) is 2.49. The molecule has 0 aliphatic carbocycles. The van der Waals surface area contributed by atoms with Crippen molar-refractivity contribution < 1.29 is 30.0 Å². The van der Waals surface area contributed by atoms with Gasteiger partial charge in [-0.2, -0.15) is 0 Å². The van der Waals surface area contributed by atoms with Crippen LogP contribution in [0.5, 0.6) is 0 Å². The molecule has 0 fully saturated rings. The summed E-state index contributed by atoms with van der Waals surface area (Å²) in [5.41, 5.74) is 5.55. The molecule has 0 unspecified atom stereocenters. The summed E-state index contributed by atoms with van der Waals surface area (Å²) in [6.07, 6.45) is 1.17. The summed E-state index contributed by atoms with van der Waals surface area (Å²) in [4.78, 5) is 14.8. The Morgan fingerprint density at radius 3 is 2.38 bits per heavy atom. The second-order valence-corrected chi connectivity index (χ2v) is 6.02. The summed E-state index contributed by atoms with van der Waals surface area (Å²) < 4.78 is 0. The molecule has 0 atom stereocenters. The van der Waals surface area contributed by atoms with Crippen LogP contribution >= 0.6 is 0 Å². The summed E-state index contributed by atoms with van der Waals surface area (Å²) in [7, 11) is 0. The van der Waals surface area contributed by atoms with Crippen molar-refractivity contribution in [2.24, 2.45) is 0 Å². The molecular weight excluding hydrogens is 502 g/mol. The van der Waals surface area contributed by atoms with Crippen LogP contribution in [-0.4, -0.2) is 15.9 Å². The van der Waals surface area contributed by atoms with Crippen LogP contribution in [0.3, 0.4) is 0 Å². The molecule has 0 aliphatic heterocycles. The van der Waals surface area contributed by atoms with E-state index < -0.39 is 0 Å². The van der Waals surface area contributed by atoms with Crippen molar-refractivity contribution >= 4 is 16.7 Å². The molecule has 1 aromatic heterocycles. The van der Waals surface area contributed by atoms with E-state index in [1.807, 2.05) is 18.2 Å². The van der Waals surface area contributed by atoms with Gasteiger partial charge in [0.1, 0.15) is 0 Å². The first kappa shape index (κ1) is 21.8. The minimum atomic E-state index is -0.125. The molecule has 3 rings (SSSR count). The van der Waals surface area contributed by atoms with Gasteiger partial charge in [0.25, 0.3) is 0 Å². The maximum atomic E-state index is 10.0. The summed E-state index contributed by atoms with van der Waals surface area (Å²) in [6, 6.07) is 19.8. The van der Waals surface area contributed by atoms with Crippen molar-refractivity contribution in [2.75, 3.05) is 0 Å². The number of aliphatic hydroxyl groups excluding tert-OH is 1. The fraction of sp³-hybridized carbons (Fsp3) is 0.182. The number of hydrogen-bond acceptors (Lipinski definition) is 3. The van der Waals surface area contributed by atoms with Gasteiger partial charge in [-0.1, -0.05) is 23.8 Å². The van der Waals surface area contributed by atoms with E-state index in [0.29, 0.717) is 0 Å².